The standard InChI is InChI=1S/C7H4ClFO3/c8-4-1-3(7(11)12)2-5(9)6(4)10/h1-2,10H,(H,11,12). The molecule has 0 aliphatic rings. The van der Waals surface area contributed by atoms with E-state index in [9.17, 15) is 9.18 Å². The molecule has 0 amide bonds. The van der Waals surface area contributed by atoms with Crippen LogP contribution in [0.2, 0.25) is 5.02 Å². The van der Waals surface area contributed by atoms with E-state index in [2.05, 4.69) is 0 Å². The normalized spacial score (nSPS) is 9.83. The van der Waals surface area contributed by atoms with E-state index < -0.39 is 17.5 Å². The Kier molecular flexibility index (Phi) is 2.19. The summed E-state index contributed by atoms with van der Waals surface area (Å²) in [5.41, 5.74) is -0.296. The Bertz CT molecular complexity index is 314. The van der Waals surface area contributed by atoms with Gasteiger partial charge in [-0.1, -0.05) is 11.6 Å². The van der Waals surface area contributed by atoms with Gasteiger partial charge in [0.15, 0.2) is 11.6 Å². The van der Waals surface area contributed by atoms with Gasteiger partial charge in [-0.15, -0.1) is 0 Å². The second-order valence-corrected chi connectivity index (χ2v) is 2.50. The molecular formula is C7H4ClFO3. The fraction of sp³-hybridized carbons (Fsp3) is 0. The lowest BCUT2D eigenvalue weighted by atomic mass is 10.2. The van der Waals surface area contributed by atoms with Gasteiger partial charge in [0.05, 0.1) is 10.6 Å². The van der Waals surface area contributed by atoms with Crippen LogP contribution in [0.1, 0.15) is 10.4 Å². The molecule has 0 saturated carbocycles. The van der Waals surface area contributed by atoms with Crippen molar-refractivity contribution in [2.75, 3.05) is 0 Å². The smallest absolute Gasteiger partial charge is 0.335 e. The molecule has 0 spiro atoms. The number of phenols is 1. The number of carboxylic acid groups (broad SMARTS) is 1. The summed E-state index contributed by atoms with van der Waals surface area (Å²) < 4.78 is 12.6. The zero-order valence-electron chi connectivity index (χ0n) is 5.71. The van der Waals surface area contributed by atoms with E-state index in [-0.39, 0.29) is 10.6 Å². The predicted molar refractivity (Wildman–Crippen MR) is 40.0 cm³/mol. The third kappa shape index (κ3) is 1.48. The highest BCUT2D eigenvalue weighted by atomic mass is 35.5. The lowest BCUT2D eigenvalue weighted by molar-refractivity contribution is 0.0696. The van der Waals surface area contributed by atoms with Gasteiger partial charge in [0.2, 0.25) is 0 Å². The first-order chi connectivity index (χ1) is 5.52. The quantitative estimate of drug-likeness (QED) is 0.711. The topological polar surface area (TPSA) is 57.5 Å². The Hall–Kier alpha value is -1.29. The predicted octanol–water partition coefficient (Wildman–Crippen LogP) is 1.88. The highest BCUT2D eigenvalue weighted by molar-refractivity contribution is 6.32. The van der Waals surface area contributed by atoms with Crippen molar-refractivity contribution in [3.63, 3.8) is 0 Å². The molecule has 64 valence electrons. The molecule has 12 heavy (non-hydrogen) atoms. The maximum atomic E-state index is 12.6. The number of carboxylic acids is 1. The second-order valence-electron chi connectivity index (χ2n) is 2.09. The number of aromatic hydroxyl groups is 1. The molecule has 5 heteroatoms. The van der Waals surface area contributed by atoms with Crippen LogP contribution in [0.15, 0.2) is 12.1 Å². The van der Waals surface area contributed by atoms with Gasteiger partial charge >= 0.3 is 5.97 Å². The molecule has 0 aliphatic heterocycles. The molecule has 2 N–H and O–H groups in total. The Morgan fingerprint density at radius 3 is 2.50 bits per heavy atom. The van der Waals surface area contributed by atoms with Crippen LogP contribution in [0.3, 0.4) is 0 Å². The number of carbonyl (C=O) groups is 1. The fourth-order valence-corrected chi connectivity index (χ4v) is 0.897. The monoisotopic (exact) mass is 190 g/mol. The molecule has 1 rings (SSSR count). The molecule has 0 saturated heterocycles. The minimum atomic E-state index is -1.30. The summed E-state index contributed by atoms with van der Waals surface area (Å²) in [7, 11) is 0. The zero-order chi connectivity index (χ0) is 9.30. The molecule has 0 heterocycles. The van der Waals surface area contributed by atoms with Crippen molar-refractivity contribution >= 4 is 17.6 Å². The summed E-state index contributed by atoms with van der Waals surface area (Å²) in [6, 6.07) is 1.67. The number of hydrogen-bond donors (Lipinski definition) is 2. The molecule has 0 radical (unpaired) electrons. The van der Waals surface area contributed by atoms with Crippen molar-refractivity contribution in [3.05, 3.63) is 28.5 Å². The third-order valence-electron chi connectivity index (χ3n) is 1.26. The average Bonchev–Trinajstić information content (AvgIpc) is 1.99. The van der Waals surface area contributed by atoms with Crippen LogP contribution in [0.25, 0.3) is 0 Å². The van der Waals surface area contributed by atoms with E-state index in [1.54, 1.807) is 0 Å². The van der Waals surface area contributed by atoms with Crippen LogP contribution < -0.4 is 0 Å². The van der Waals surface area contributed by atoms with Gasteiger partial charge in [-0.05, 0) is 12.1 Å². The summed E-state index contributed by atoms with van der Waals surface area (Å²) in [5.74, 6) is -3.07. The van der Waals surface area contributed by atoms with Crippen molar-refractivity contribution < 1.29 is 19.4 Å². The lowest BCUT2D eigenvalue weighted by Gasteiger charge is -1.99. The molecule has 0 bridgehead atoms. The SMILES string of the molecule is O=C(O)c1cc(F)c(O)c(Cl)c1. The maximum Gasteiger partial charge on any atom is 0.335 e. The molecule has 1 aromatic rings. The van der Waals surface area contributed by atoms with Crippen molar-refractivity contribution in [3.8, 4) is 5.75 Å². The number of halogens is 2. The number of phenolic OH excluding ortho intramolecular Hbond substituents is 1. The van der Waals surface area contributed by atoms with Crippen molar-refractivity contribution in [2.24, 2.45) is 0 Å². The third-order valence-corrected chi connectivity index (χ3v) is 1.55. The van der Waals surface area contributed by atoms with E-state index in [4.69, 9.17) is 21.8 Å². The highest BCUT2D eigenvalue weighted by Crippen LogP contribution is 2.27. The van der Waals surface area contributed by atoms with Gasteiger partial charge < -0.3 is 10.2 Å². The van der Waals surface area contributed by atoms with Crippen LogP contribution in [0, 0.1) is 5.82 Å². The molecule has 0 aliphatic carbocycles. The number of benzene rings is 1. The van der Waals surface area contributed by atoms with E-state index >= 15 is 0 Å². The summed E-state index contributed by atoms with van der Waals surface area (Å²) in [6.07, 6.45) is 0. The van der Waals surface area contributed by atoms with Crippen LogP contribution >= 0.6 is 11.6 Å². The molecule has 0 fully saturated rings. The van der Waals surface area contributed by atoms with Crippen LogP contribution in [0.5, 0.6) is 5.75 Å². The van der Waals surface area contributed by atoms with E-state index in [1.807, 2.05) is 0 Å². The van der Waals surface area contributed by atoms with Crippen molar-refractivity contribution in [1.82, 2.24) is 0 Å². The Morgan fingerprint density at radius 1 is 1.50 bits per heavy atom. The Balaban J connectivity index is 3.31. The van der Waals surface area contributed by atoms with Gasteiger partial charge in [-0.2, -0.15) is 0 Å². The van der Waals surface area contributed by atoms with Gasteiger partial charge in [0.1, 0.15) is 0 Å². The first kappa shape index (κ1) is 8.80. The summed E-state index contributed by atoms with van der Waals surface area (Å²) >= 11 is 5.31. The fourth-order valence-electron chi connectivity index (χ4n) is 0.689. The zero-order valence-corrected chi connectivity index (χ0v) is 6.47. The van der Waals surface area contributed by atoms with Gasteiger partial charge in [0.25, 0.3) is 0 Å². The number of hydrogen-bond acceptors (Lipinski definition) is 2. The van der Waals surface area contributed by atoms with Crippen LogP contribution in [0.4, 0.5) is 4.39 Å². The maximum absolute atomic E-state index is 12.6. The molecule has 0 aromatic heterocycles. The molecule has 3 nitrogen and oxygen atoms in total. The Morgan fingerprint density at radius 2 is 2.08 bits per heavy atom. The molecular weight excluding hydrogens is 187 g/mol. The second kappa shape index (κ2) is 2.98. The van der Waals surface area contributed by atoms with Gasteiger partial charge in [-0.3, -0.25) is 0 Å². The van der Waals surface area contributed by atoms with Crippen LogP contribution in [-0.4, -0.2) is 16.2 Å². The average molecular weight is 191 g/mol. The first-order valence-corrected chi connectivity index (χ1v) is 3.31. The highest BCUT2D eigenvalue weighted by Gasteiger charge is 2.11. The summed E-state index contributed by atoms with van der Waals surface area (Å²) in [5, 5.41) is 16.9. The van der Waals surface area contributed by atoms with Gasteiger partial charge in [0, 0.05) is 0 Å². The Labute approximate surface area is 72.0 Å². The van der Waals surface area contributed by atoms with Crippen molar-refractivity contribution in [2.45, 2.75) is 0 Å². The van der Waals surface area contributed by atoms with Gasteiger partial charge in [-0.25, -0.2) is 9.18 Å². The van der Waals surface area contributed by atoms with E-state index in [1.165, 1.54) is 0 Å². The van der Waals surface area contributed by atoms with E-state index in [0.717, 1.165) is 6.07 Å². The van der Waals surface area contributed by atoms with Crippen molar-refractivity contribution in [1.29, 1.82) is 0 Å². The lowest BCUT2D eigenvalue weighted by Crippen LogP contribution is -1.96. The molecule has 0 unspecified atom stereocenters. The van der Waals surface area contributed by atoms with E-state index in [0.29, 0.717) is 6.07 Å². The molecule has 0 atom stereocenters. The summed E-state index contributed by atoms with van der Waals surface area (Å²) in [6.45, 7) is 0. The summed E-state index contributed by atoms with van der Waals surface area (Å²) in [4.78, 5) is 10.3. The minimum Gasteiger partial charge on any atom is -0.504 e. The van der Waals surface area contributed by atoms with Crippen LogP contribution in [-0.2, 0) is 0 Å². The number of rotatable bonds is 1. The number of aromatic carboxylic acids is 1. The molecule has 1 aromatic carbocycles. The largest absolute Gasteiger partial charge is 0.504 e. The first-order valence-electron chi connectivity index (χ1n) is 2.93. The minimum absolute atomic E-state index is 0.296.